The first-order valence-electron chi connectivity index (χ1n) is 7.99. The topological polar surface area (TPSA) is 23.5 Å². The third-order valence-electron chi connectivity index (χ3n) is 5.28. The summed E-state index contributed by atoms with van der Waals surface area (Å²) in [5.41, 5.74) is 0.831. The molecule has 1 saturated carbocycles. The smallest absolute Gasteiger partial charge is 0.0765 e. The molecule has 21 heavy (non-hydrogen) atoms. The summed E-state index contributed by atoms with van der Waals surface area (Å²) in [4.78, 5) is 2.52. The fourth-order valence-corrected chi connectivity index (χ4v) is 4.67. The van der Waals surface area contributed by atoms with Crippen molar-refractivity contribution < 1.29 is 5.11 Å². The molecule has 1 saturated heterocycles. The molecule has 4 heteroatoms. The first-order valence-corrected chi connectivity index (χ1v) is 8.75. The minimum atomic E-state index is -0.393. The maximum atomic E-state index is 11.0. The number of likely N-dealkylation sites (tertiary alicyclic amines) is 1. The van der Waals surface area contributed by atoms with E-state index in [0.717, 1.165) is 31.5 Å². The number of aliphatic hydroxyl groups is 1. The Balaban J connectivity index is 1.83. The van der Waals surface area contributed by atoms with Gasteiger partial charge in [0.05, 0.1) is 6.10 Å². The zero-order valence-electron chi connectivity index (χ0n) is 12.3. The van der Waals surface area contributed by atoms with Crippen LogP contribution in [-0.4, -0.2) is 34.7 Å². The Morgan fingerprint density at radius 1 is 1.05 bits per heavy atom. The Bertz CT molecular complexity index is 473. The van der Waals surface area contributed by atoms with Gasteiger partial charge in [-0.15, -0.1) is 0 Å². The number of benzene rings is 1. The molecule has 1 aliphatic heterocycles. The maximum Gasteiger partial charge on any atom is 0.0765 e. The lowest BCUT2D eigenvalue weighted by molar-refractivity contribution is -0.0171. The zero-order valence-corrected chi connectivity index (χ0v) is 13.8. The third-order valence-corrected chi connectivity index (χ3v) is 5.99. The van der Waals surface area contributed by atoms with Crippen molar-refractivity contribution in [2.75, 3.05) is 13.1 Å². The van der Waals surface area contributed by atoms with E-state index in [0.29, 0.717) is 16.5 Å². The van der Waals surface area contributed by atoms with E-state index in [1.54, 1.807) is 0 Å². The summed E-state index contributed by atoms with van der Waals surface area (Å²) in [6.07, 6.45) is 7.27. The highest BCUT2D eigenvalue weighted by molar-refractivity contribution is 6.36. The van der Waals surface area contributed by atoms with Gasteiger partial charge in [-0.25, -0.2) is 0 Å². The highest BCUT2D eigenvalue weighted by Crippen LogP contribution is 2.42. The van der Waals surface area contributed by atoms with Gasteiger partial charge in [-0.1, -0.05) is 42.1 Å². The van der Waals surface area contributed by atoms with Gasteiger partial charge in [-0.3, -0.25) is 4.90 Å². The number of nitrogens with zero attached hydrogens (tertiary/aromatic N) is 1. The van der Waals surface area contributed by atoms with E-state index in [4.69, 9.17) is 23.2 Å². The van der Waals surface area contributed by atoms with Gasteiger partial charge < -0.3 is 5.11 Å². The molecule has 0 amide bonds. The van der Waals surface area contributed by atoms with Crippen LogP contribution in [0.15, 0.2) is 18.2 Å². The summed E-state index contributed by atoms with van der Waals surface area (Å²) in [6.45, 7) is 2.24. The van der Waals surface area contributed by atoms with Gasteiger partial charge in [0.15, 0.2) is 0 Å². The van der Waals surface area contributed by atoms with Crippen LogP contribution in [0, 0.1) is 0 Å². The second-order valence-corrected chi connectivity index (χ2v) is 7.24. The van der Waals surface area contributed by atoms with Crippen LogP contribution in [0.3, 0.4) is 0 Å². The first kappa shape index (κ1) is 15.6. The predicted octanol–water partition coefficient (Wildman–Crippen LogP) is 4.31. The van der Waals surface area contributed by atoms with Crippen LogP contribution in [-0.2, 0) is 6.42 Å². The number of hydrogen-bond acceptors (Lipinski definition) is 2. The van der Waals surface area contributed by atoms with Gasteiger partial charge in [0, 0.05) is 22.0 Å². The Morgan fingerprint density at radius 2 is 1.62 bits per heavy atom. The molecule has 3 rings (SSSR count). The summed E-state index contributed by atoms with van der Waals surface area (Å²) in [7, 11) is 0. The van der Waals surface area contributed by atoms with Gasteiger partial charge in [0.2, 0.25) is 0 Å². The number of aliphatic hydroxyl groups excluding tert-OH is 1. The Kier molecular flexibility index (Phi) is 4.80. The Labute approximate surface area is 137 Å². The third kappa shape index (κ3) is 2.96. The Hall–Kier alpha value is -0.280. The molecule has 2 aliphatic rings. The Morgan fingerprint density at radius 3 is 2.19 bits per heavy atom. The molecule has 0 aromatic heterocycles. The van der Waals surface area contributed by atoms with Gasteiger partial charge in [-0.05, 0) is 56.5 Å². The van der Waals surface area contributed by atoms with Crippen molar-refractivity contribution in [3.8, 4) is 0 Å². The zero-order chi connectivity index (χ0) is 14.9. The molecule has 1 aromatic rings. The number of hydrogen-bond donors (Lipinski definition) is 1. The van der Waals surface area contributed by atoms with E-state index in [1.807, 2.05) is 18.2 Å². The van der Waals surface area contributed by atoms with Crippen LogP contribution in [0.1, 0.15) is 44.1 Å². The summed E-state index contributed by atoms with van der Waals surface area (Å²) < 4.78 is 0. The average Bonchev–Trinajstić information content (AvgIpc) is 3.13. The van der Waals surface area contributed by atoms with Gasteiger partial charge in [0.1, 0.15) is 0 Å². The summed E-state index contributed by atoms with van der Waals surface area (Å²) in [6, 6.07) is 5.56. The van der Waals surface area contributed by atoms with Crippen molar-refractivity contribution in [1.29, 1.82) is 0 Å². The quantitative estimate of drug-likeness (QED) is 0.890. The monoisotopic (exact) mass is 327 g/mol. The highest BCUT2D eigenvalue weighted by Gasteiger charge is 2.46. The van der Waals surface area contributed by atoms with Gasteiger partial charge >= 0.3 is 0 Å². The minimum Gasteiger partial charge on any atom is -0.391 e. The van der Waals surface area contributed by atoms with Crippen molar-refractivity contribution in [3.63, 3.8) is 0 Å². The molecular weight excluding hydrogens is 305 g/mol. The lowest BCUT2D eigenvalue weighted by Gasteiger charge is -2.43. The largest absolute Gasteiger partial charge is 0.391 e. The fraction of sp³-hybridized carbons (Fsp3) is 0.647. The normalized spacial score (nSPS) is 23.6. The van der Waals surface area contributed by atoms with E-state index >= 15 is 0 Å². The van der Waals surface area contributed by atoms with E-state index in [-0.39, 0.29) is 5.54 Å². The predicted molar refractivity (Wildman–Crippen MR) is 88.2 cm³/mol. The van der Waals surface area contributed by atoms with E-state index in [1.165, 1.54) is 25.7 Å². The van der Waals surface area contributed by atoms with Crippen LogP contribution in [0.4, 0.5) is 0 Å². The summed E-state index contributed by atoms with van der Waals surface area (Å²) in [5.74, 6) is 0. The van der Waals surface area contributed by atoms with Crippen LogP contribution in [0.25, 0.3) is 0 Å². The second-order valence-electron chi connectivity index (χ2n) is 6.42. The molecular formula is C17H23Cl2NO. The summed E-state index contributed by atoms with van der Waals surface area (Å²) in [5, 5.41) is 12.3. The molecule has 1 heterocycles. The summed E-state index contributed by atoms with van der Waals surface area (Å²) >= 11 is 12.6. The van der Waals surface area contributed by atoms with Crippen molar-refractivity contribution in [3.05, 3.63) is 33.8 Å². The number of halogens is 2. The molecule has 1 N–H and O–H groups in total. The fourth-order valence-electron chi connectivity index (χ4n) is 4.12. The first-order chi connectivity index (χ1) is 10.1. The molecule has 2 nitrogen and oxygen atoms in total. The van der Waals surface area contributed by atoms with Crippen molar-refractivity contribution >= 4 is 23.2 Å². The molecule has 2 fully saturated rings. The molecule has 0 spiro atoms. The van der Waals surface area contributed by atoms with Crippen LogP contribution >= 0.6 is 23.2 Å². The molecule has 1 aliphatic carbocycles. The number of rotatable bonds is 4. The lowest BCUT2D eigenvalue weighted by Crippen LogP contribution is -2.54. The minimum absolute atomic E-state index is 0.0565. The van der Waals surface area contributed by atoms with Crippen molar-refractivity contribution in [2.24, 2.45) is 0 Å². The van der Waals surface area contributed by atoms with Crippen LogP contribution in [0.2, 0.25) is 10.0 Å². The van der Waals surface area contributed by atoms with Gasteiger partial charge in [0.25, 0.3) is 0 Å². The van der Waals surface area contributed by atoms with Crippen molar-refractivity contribution in [1.82, 2.24) is 4.90 Å². The molecule has 0 radical (unpaired) electrons. The standard InChI is InChI=1S/C17H23Cl2NO/c18-14-6-5-7-15(19)13(14)12-16(21)17(8-1-2-9-17)20-10-3-4-11-20/h5-7,16,21H,1-4,8-12H2. The van der Waals surface area contributed by atoms with Crippen LogP contribution < -0.4 is 0 Å². The SMILES string of the molecule is OC(Cc1c(Cl)cccc1Cl)C1(N2CCCC2)CCCC1. The van der Waals surface area contributed by atoms with E-state index in [9.17, 15) is 5.11 Å². The van der Waals surface area contributed by atoms with Crippen molar-refractivity contribution in [2.45, 2.75) is 56.6 Å². The van der Waals surface area contributed by atoms with E-state index < -0.39 is 6.10 Å². The molecule has 1 unspecified atom stereocenters. The molecule has 1 atom stereocenters. The highest BCUT2D eigenvalue weighted by atomic mass is 35.5. The van der Waals surface area contributed by atoms with Crippen LogP contribution in [0.5, 0.6) is 0 Å². The average molecular weight is 328 g/mol. The molecule has 0 bridgehead atoms. The molecule has 116 valence electrons. The second kappa shape index (κ2) is 6.45. The lowest BCUT2D eigenvalue weighted by atomic mass is 9.85. The van der Waals surface area contributed by atoms with E-state index in [2.05, 4.69) is 4.90 Å². The van der Waals surface area contributed by atoms with Gasteiger partial charge in [-0.2, -0.15) is 0 Å². The molecule has 1 aromatic carbocycles. The maximum absolute atomic E-state index is 11.0.